The third kappa shape index (κ3) is 2.94. The Balaban J connectivity index is 2.14. The van der Waals surface area contributed by atoms with Crippen molar-refractivity contribution in [2.24, 2.45) is 0 Å². The van der Waals surface area contributed by atoms with Crippen LogP contribution in [0.15, 0.2) is 34.5 Å². The van der Waals surface area contributed by atoms with Crippen LogP contribution >= 0.6 is 24.0 Å². The Labute approximate surface area is 116 Å². The van der Waals surface area contributed by atoms with Crippen LogP contribution in [-0.4, -0.2) is 5.91 Å². The number of thiophene rings is 1. The zero-order valence-corrected chi connectivity index (χ0v) is 12.1. The molecule has 0 aliphatic carbocycles. The van der Waals surface area contributed by atoms with Gasteiger partial charge in [-0.2, -0.15) is 0 Å². The minimum absolute atomic E-state index is 0.0797. The van der Waals surface area contributed by atoms with Crippen LogP contribution in [0.4, 0.5) is 5.69 Å². The van der Waals surface area contributed by atoms with E-state index >= 15 is 0 Å². The zero-order chi connectivity index (χ0) is 13.1. The first-order chi connectivity index (χ1) is 8.60. The van der Waals surface area contributed by atoms with Crippen LogP contribution in [0.2, 0.25) is 0 Å². The van der Waals surface area contributed by atoms with Crippen LogP contribution in [0.5, 0.6) is 0 Å². The van der Waals surface area contributed by atoms with E-state index in [9.17, 15) is 4.79 Å². The predicted octanol–water partition coefficient (Wildman–Crippen LogP) is 4.16. The maximum atomic E-state index is 12.0. The Morgan fingerprint density at radius 2 is 2.17 bits per heavy atom. The van der Waals surface area contributed by atoms with E-state index in [-0.39, 0.29) is 5.91 Å². The molecule has 1 N–H and O–H groups in total. The van der Waals surface area contributed by atoms with Crippen LogP contribution in [0.1, 0.15) is 27.7 Å². The highest BCUT2D eigenvalue weighted by Gasteiger charge is 2.09. The first-order valence-corrected chi connectivity index (χ1v) is 7.11. The summed E-state index contributed by atoms with van der Waals surface area (Å²) in [5, 5.41) is 4.75. The van der Waals surface area contributed by atoms with Gasteiger partial charge in [0.15, 0.2) is 0 Å². The normalized spacial score (nSPS) is 10.4. The van der Waals surface area contributed by atoms with Crippen LogP contribution in [0, 0.1) is 6.92 Å². The fourth-order valence-corrected chi connectivity index (χ4v) is 2.85. The monoisotopic (exact) mass is 277 g/mol. The summed E-state index contributed by atoms with van der Waals surface area (Å²) in [6.07, 6.45) is 1.01. The fourth-order valence-electron chi connectivity index (χ4n) is 1.81. The summed E-state index contributed by atoms with van der Waals surface area (Å²) in [6.45, 7) is 4.19. The van der Waals surface area contributed by atoms with Gasteiger partial charge in [0.05, 0.1) is 4.88 Å². The molecule has 0 aliphatic heterocycles. The second-order valence-corrected chi connectivity index (χ2v) is 5.55. The lowest BCUT2D eigenvalue weighted by Crippen LogP contribution is -2.10. The number of nitrogens with one attached hydrogen (secondary N) is 1. The van der Waals surface area contributed by atoms with Gasteiger partial charge in [-0.15, -0.1) is 24.0 Å². The second kappa shape index (κ2) is 5.59. The van der Waals surface area contributed by atoms with Crippen molar-refractivity contribution in [2.45, 2.75) is 25.2 Å². The average molecular weight is 277 g/mol. The molecule has 1 aromatic heterocycles. The number of benzene rings is 1. The predicted molar refractivity (Wildman–Crippen MR) is 80.1 cm³/mol. The molecule has 0 saturated carbocycles. The highest BCUT2D eigenvalue weighted by molar-refractivity contribution is 7.80. The van der Waals surface area contributed by atoms with Crippen molar-refractivity contribution in [1.29, 1.82) is 0 Å². The number of carbonyl (C=O) groups excluding carboxylic acids is 1. The maximum absolute atomic E-state index is 12.0. The summed E-state index contributed by atoms with van der Waals surface area (Å²) in [5.74, 6) is -0.0797. The summed E-state index contributed by atoms with van der Waals surface area (Å²) >= 11 is 5.60. The number of carbonyl (C=O) groups is 1. The molecular formula is C14H15NOS2. The molecule has 0 aliphatic rings. The Kier molecular flexibility index (Phi) is 4.09. The lowest BCUT2D eigenvalue weighted by Gasteiger charge is -2.07. The second-order valence-electron chi connectivity index (χ2n) is 4.12. The first kappa shape index (κ1) is 13.2. The summed E-state index contributed by atoms with van der Waals surface area (Å²) in [7, 11) is 0. The molecule has 0 fully saturated rings. The van der Waals surface area contributed by atoms with Gasteiger partial charge in [-0.1, -0.05) is 13.0 Å². The van der Waals surface area contributed by atoms with Crippen molar-refractivity contribution in [2.75, 3.05) is 5.32 Å². The molecule has 1 amide bonds. The standard InChI is InChI=1S/C14H15NOS2/c1-3-10-4-5-11(6-9(10)2)15-14(16)13-7-12(17)8-18-13/h4-8,17H,3H2,1-2H3,(H,15,16). The number of hydrogen-bond acceptors (Lipinski definition) is 3. The van der Waals surface area contributed by atoms with Gasteiger partial charge in [-0.25, -0.2) is 0 Å². The summed E-state index contributed by atoms with van der Waals surface area (Å²) in [5.41, 5.74) is 3.35. The smallest absolute Gasteiger partial charge is 0.265 e. The molecule has 0 saturated heterocycles. The van der Waals surface area contributed by atoms with Gasteiger partial charge in [-0.05, 0) is 42.7 Å². The molecule has 18 heavy (non-hydrogen) atoms. The number of rotatable bonds is 3. The Morgan fingerprint density at radius 1 is 1.39 bits per heavy atom. The van der Waals surface area contributed by atoms with Gasteiger partial charge < -0.3 is 5.32 Å². The van der Waals surface area contributed by atoms with E-state index in [4.69, 9.17) is 0 Å². The van der Waals surface area contributed by atoms with Gasteiger partial charge in [-0.3, -0.25) is 4.79 Å². The van der Waals surface area contributed by atoms with Crippen LogP contribution in [0.25, 0.3) is 0 Å². The summed E-state index contributed by atoms with van der Waals surface area (Å²) in [4.78, 5) is 13.5. The summed E-state index contributed by atoms with van der Waals surface area (Å²) in [6, 6.07) is 7.78. The lowest BCUT2D eigenvalue weighted by atomic mass is 10.1. The number of hydrogen-bond donors (Lipinski definition) is 2. The summed E-state index contributed by atoms with van der Waals surface area (Å²) < 4.78 is 0. The molecule has 1 heterocycles. The highest BCUT2D eigenvalue weighted by Crippen LogP contribution is 2.20. The minimum Gasteiger partial charge on any atom is -0.321 e. The van der Waals surface area contributed by atoms with E-state index in [1.807, 2.05) is 17.5 Å². The van der Waals surface area contributed by atoms with Crippen LogP contribution < -0.4 is 5.32 Å². The molecule has 2 nitrogen and oxygen atoms in total. The topological polar surface area (TPSA) is 29.1 Å². The number of amides is 1. The van der Waals surface area contributed by atoms with Gasteiger partial charge >= 0.3 is 0 Å². The van der Waals surface area contributed by atoms with Crippen molar-refractivity contribution in [3.05, 3.63) is 45.6 Å². The number of thiol groups is 1. The van der Waals surface area contributed by atoms with Gasteiger partial charge in [0, 0.05) is 16.0 Å². The average Bonchev–Trinajstić information content (AvgIpc) is 2.76. The SMILES string of the molecule is CCc1ccc(NC(=O)c2cc(S)cs2)cc1C. The Hall–Kier alpha value is -1.26. The molecule has 2 aromatic rings. The van der Waals surface area contributed by atoms with E-state index in [0.29, 0.717) is 4.88 Å². The van der Waals surface area contributed by atoms with Gasteiger partial charge in [0.2, 0.25) is 0 Å². The third-order valence-corrected chi connectivity index (χ3v) is 4.15. The molecule has 4 heteroatoms. The third-order valence-electron chi connectivity index (χ3n) is 2.79. The lowest BCUT2D eigenvalue weighted by molar-refractivity contribution is 0.103. The van der Waals surface area contributed by atoms with Gasteiger partial charge in [0.25, 0.3) is 5.91 Å². The van der Waals surface area contributed by atoms with Crippen molar-refractivity contribution in [1.82, 2.24) is 0 Å². The van der Waals surface area contributed by atoms with Gasteiger partial charge in [0.1, 0.15) is 0 Å². The molecule has 94 valence electrons. The molecule has 0 atom stereocenters. The zero-order valence-electron chi connectivity index (χ0n) is 10.4. The Bertz CT molecular complexity index is 575. The van der Waals surface area contributed by atoms with E-state index in [2.05, 4.69) is 37.9 Å². The highest BCUT2D eigenvalue weighted by atomic mass is 32.1. The molecule has 2 rings (SSSR count). The quantitative estimate of drug-likeness (QED) is 0.810. The maximum Gasteiger partial charge on any atom is 0.265 e. The molecule has 0 spiro atoms. The Morgan fingerprint density at radius 3 is 2.72 bits per heavy atom. The van der Waals surface area contributed by atoms with E-state index in [0.717, 1.165) is 17.0 Å². The molecule has 1 aromatic carbocycles. The van der Waals surface area contributed by atoms with E-state index in [1.165, 1.54) is 22.5 Å². The minimum atomic E-state index is -0.0797. The number of anilines is 1. The molecular weight excluding hydrogens is 262 g/mol. The van der Waals surface area contributed by atoms with Crippen molar-refractivity contribution in [3.8, 4) is 0 Å². The van der Waals surface area contributed by atoms with Crippen LogP contribution in [-0.2, 0) is 6.42 Å². The largest absolute Gasteiger partial charge is 0.321 e. The molecule has 0 unspecified atom stereocenters. The van der Waals surface area contributed by atoms with E-state index in [1.54, 1.807) is 6.07 Å². The van der Waals surface area contributed by atoms with Crippen LogP contribution in [0.3, 0.4) is 0 Å². The number of aryl methyl sites for hydroxylation is 2. The first-order valence-electron chi connectivity index (χ1n) is 5.78. The van der Waals surface area contributed by atoms with Crippen molar-refractivity contribution < 1.29 is 4.79 Å². The molecule has 0 bridgehead atoms. The van der Waals surface area contributed by atoms with E-state index < -0.39 is 0 Å². The van der Waals surface area contributed by atoms with Crippen molar-refractivity contribution >= 4 is 35.6 Å². The molecule has 0 radical (unpaired) electrons. The van der Waals surface area contributed by atoms with Crippen molar-refractivity contribution in [3.63, 3.8) is 0 Å². The fraction of sp³-hybridized carbons (Fsp3) is 0.214.